The third-order valence-corrected chi connectivity index (χ3v) is 4.24. The molecule has 0 radical (unpaired) electrons. The van der Waals surface area contributed by atoms with Crippen molar-refractivity contribution in [1.29, 1.82) is 0 Å². The molecule has 3 nitrogen and oxygen atoms in total. The quantitative estimate of drug-likeness (QED) is 0.635. The highest BCUT2D eigenvalue weighted by Gasteiger charge is 2.49. The maximum Gasteiger partial charge on any atom is 0.254 e. The van der Waals surface area contributed by atoms with Crippen molar-refractivity contribution >= 4 is 29.1 Å². The van der Waals surface area contributed by atoms with Gasteiger partial charge in [0.05, 0.1) is 12.0 Å². The molecule has 3 atom stereocenters. The van der Waals surface area contributed by atoms with Gasteiger partial charge in [0.1, 0.15) is 0 Å². The van der Waals surface area contributed by atoms with E-state index in [4.69, 9.17) is 23.2 Å². The molecule has 94 valence electrons. The number of carbonyl (C=O) groups excluding carboxylic acids is 1. The minimum absolute atomic E-state index is 0.0566. The number of nitrogens with zero attached hydrogens (tertiary/aromatic N) is 1. The van der Waals surface area contributed by atoms with E-state index in [0.29, 0.717) is 10.0 Å². The molecule has 18 heavy (non-hydrogen) atoms. The lowest BCUT2D eigenvalue weighted by molar-refractivity contribution is -0.163. The average Bonchev–Trinajstić information content (AvgIpc) is 2.87. The van der Waals surface area contributed by atoms with E-state index in [1.165, 1.54) is 0 Å². The first kappa shape index (κ1) is 12.0. The average molecular weight is 284 g/mol. The summed E-state index contributed by atoms with van der Waals surface area (Å²) in [5.74, 6) is -0.625. The van der Waals surface area contributed by atoms with Crippen LogP contribution in [-0.4, -0.2) is 22.2 Å². The summed E-state index contributed by atoms with van der Waals surface area (Å²) in [7, 11) is 0. The fourth-order valence-electron chi connectivity index (χ4n) is 2.84. The third kappa shape index (κ3) is 1.66. The van der Waals surface area contributed by atoms with E-state index in [9.17, 15) is 10.0 Å². The lowest BCUT2D eigenvalue weighted by atomic mass is 9.85. The molecular weight excluding hydrogens is 273 g/mol. The number of allylic oxidation sites excluding steroid dienone is 1. The molecule has 1 amide bonds. The van der Waals surface area contributed by atoms with Gasteiger partial charge in [-0.15, -0.1) is 0 Å². The Bertz CT molecular complexity index is 544. The van der Waals surface area contributed by atoms with Gasteiger partial charge < -0.3 is 0 Å². The lowest BCUT2D eigenvalue weighted by Gasteiger charge is -2.16. The number of amides is 1. The Labute approximate surface area is 115 Å². The van der Waals surface area contributed by atoms with Crippen molar-refractivity contribution < 1.29 is 10.0 Å². The second kappa shape index (κ2) is 4.26. The monoisotopic (exact) mass is 283 g/mol. The summed E-state index contributed by atoms with van der Waals surface area (Å²) in [5.41, 5.74) is 0.737. The molecule has 3 rings (SSSR count). The van der Waals surface area contributed by atoms with Gasteiger partial charge in [-0.3, -0.25) is 10.0 Å². The Morgan fingerprint density at radius 3 is 2.83 bits per heavy atom. The van der Waals surface area contributed by atoms with Crippen LogP contribution < -0.4 is 0 Å². The Hall–Kier alpha value is -1.03. The summed E-state index contributed by atoms with van der Waals surface area (Å²) in [6.07, 6.45) is 4.63. The molecule has 1 saturated heterocycles. The number of hydrogen-bond donors (Lipinski definition) is 1. The lowest BCUT2D eigenvalue weighted by Crippen LogP contribution is -2.29. The first-order valence-corrected chi connectivity index (χ1v) is 6.49. The molecule has 1 aromatic carbocycles. The van der Waals surface area contributed by atoms with E-state index < -0.39 is 0 Å². The molecule has 5 heteroatoms. The summed E-state index contributed by atoms with van der Waals surface area (Å²) < 4.78 is 0. The van der Waals surface area contributed by atoms with Gasteiger partial charge in [-0.05, 0) is 24.1 Å². The van der Waals surface area contributed by atoms with E-state index in [-0.39, 0.29) is 23.8 Å². The zero-order valence-corrected chi connectivity index (χ0v) is 10.9. The largest absolute Gasteiger partial charge is 0.285 e. The van der Waals surface area contributed by atoms with Gasteiger partial charge in [-0.25, -0.2) is 5.06 Å². The maximum atomic E-state index is 12.1. The zero-order chi connectivity index (χ0) is 12.9. The van der Waals surface area contributed by atoms with E-state index in [1.54, 1.807) is 18.2 Å². The van der Waals surface area contributed by atoms with Crippen LogP contribution in [0.15, 0.2) is 30.4 Å². The Kier molecular flexibility index (Phi) is 2.85. The fourth-order valence-corrected chi connectivity index (χ4v) is 3.37. The number of carbonyl (C=O) groups is 1. The number of rotatable bonds is 1. The minimum atomic E-state index is -0.389. The smallest absolute Gasteiger partial charge is 0.254 e. The van der Waals surface area contributed by atoms with Gasteiger partial charge in [-0.2, -0.15) is 0 Å². The van der Waals surface area contributed by atoms with Crippen LogP contribution >= 0.6 is 23.2 Å². The van der Waals surface area contributed by atoms with E-state index in [2.05, 4.69) is 0 Å². The molecule has 1 fully saturated rings. The summed E-state index contributed by atoms with van der Waals surface area (Å²) in [6, 6.07) is 4.88. The zero-order valence-electron chi connectivity index (χ0n) is 9.38. The van der Waals surface area contributed by atoms with Gasteiger partial charge >= 0.3 is 0 Å². The molecule has 0 spiro atoms. The normalized spacial score (nSPS) is 30.1. The van der Waals surface area contributed by atoms with Crippen LogP contribution in [0.2, 0.25) is 10.0 Å². The summed E-state index contributed by atoms with van der Waals surface area (Å²) in [6.45, 7) is 0. The van der Waals surface area contributed by atoms with Crippen LogP contribution in [0.25, 0.3) is 0 Å². The van der Waals surface area contributed by atoms with Crippen LogP contribution in [0.4, 0.5) is 0 Å². The first-order chi connectivity index (χ1) is 8.59. The molecule has 1 aliphatic carbocycles. The molecular formula is C13H11Cl2NO2. The second-order valence-electron chi connectivity index (χ2n) is 4.64. The third-order valence-electron chi connectivity index (χ3n) is 3.68. The van der Waals surface area contributed by atoms with Crippen molar-refractivity contribution in [3.05, 3.63) is 46.0 Å². The van der Waals surface area contributed by atoms with Crippen LogP contribution in [0.3, 0.4) is 0 Å². The van der Waals surface area contributed by atoms with Gasteiger partial charge in [-0.1, -0.05) is 41.4 Å². The minimum Gasteiger partial charge on any atom is -0.285 e. The standard InChI is InChI=1S/C13H11Cl2NO2/c14-7-4-5-8(10(15)6-7)12-9-2-1-3-11(9)16(18)13(12)17/h1,3-6,9,11-12,18H,2H2/t9-,11+,12+/m1/s1. The van der Waals surface area contributed by atoms with Crippen molar-refractivity contribution in [3.63, 3.8) is 0 Å². The summed E-state index contributed by atoms with van der Waals surface area (Å²) in [5, 5.41) is 11.6. The first-order valence-electron chi connectivity index (χ1n) is 5.73. The van der Waals surface area contributed by atoms with Crippen molar-refractivity contribution in [2.24, 2.45) is 5.92 Å². The van der Waals surface area contributed by atoms with Crippen LogP contribution in [0.1, 0.15) is 17.9 Å². The molecule has 0 saturated carbocycles. The van der Waals surface area contributed by atoms with Crippen molar-refractivity contribution in [2.45, 2.75) is 18.4 Å². The van der Waals surface area contributed by atoms with Crippen LogP contribution in [0, 0.1) is 5.92 Å². The van der Waals surface area contributed by atoms with Gasteiger partial charge in [0, 0.05) is 16.0 Å². The van der Waals surface area contributed by atoms with E-state index >= 15 is 0 Å². The molecule has 0 aromatic heterocycles. The molecule has 1 heterocycles. The van der Waals surface area contributed by atoms with Gasteiger partial charge in [0.15, 0.2) is 0 Å². The Morgan fingerprint density at radius 1 is 1.33 bits per heavy atom. The number of benzene rings is 1. The van der Waals surface area contributed by atoms with Gasteiger partial charge in [0.2, 0.25) is 0 Å². The highest BCUT2D eigenvalue weighted by atomic mass is 35.5. The van der Waals surface area contributed by atoms with E-state index in [1.807, 2.05) is 12.2 Å². The number of fused-ring (bicyclic) bond motifs is 1. The van der Waals surface area contributed by atoms with Crippen LogP contribution in [-0.2, 0) is 4.79 Å². The topological polar surface area (TPSA) is 40.5 Å². The number of hydrogen-bond acceptors (Lipinski definition) is 2. The molecule has 1 aromatic rings. The number of halogens is 2. The van der Waals surface area contributed by atoms with Crippen molar-refractivity contribution in [3.8, 4) is 0 Å². The second-order valence-corrected chi connectivity index (χ2v) is 5.49. The van der Waals surface area contributed by atoms with Gasteiger partial charge in [0.25, 0.3) is 5.91 Å². The Balaban J connectivity index is 2.04. The molecule has 0 bridgehead atoms. The Morgan fingerprint density at radius 2 is 2.11 bits per heavy atom. The predicted octanol–water partition coefficient (Wildman–Crippen LogP) is 3.25. The fraction of sp³-hybridized carbons (Fsp3) is 0.308. The summed E-state index contributed by atoms with van der Waals surface area (Å²) >= 11 is 12.0. The number of hydroxylamine groups is 2. The predicted molar refractivity (Wildman–Crippen MR) is 68.9 cm³/mol. The molecule has 2 aliphatic rings. The molecule has 0 unspecified atom stereocenters. The highest BCUT2D eigenvalue weighted by molar-refractivity contribution is 6.35. The van der Waals surface area contributed by atoms with Crippen molar-refractivity contribution in [2.75, 3.05) is 0 Å². The SMILES string of the molecule is O=C1[C@@H](c2ccc(Cl)cc2Cl)[C@@H]2CC=C[C@@H]2N1O. The highest BCUT2D eigenvalue weighted by Crippen LogP contribution is 2.45. The van der Waals surface area contributed by atoms with E-state index in [0.717, 1.165) is 17.0 Å². The van der Waals surface area contributed by atoms with Crippen LogP contribution in [0.5, 0.6) is 0 Å². The van der Waals surface area contributed by atoms with Crippen molar-refractivity contribution in [1.82, 2.24) is 5.06 Å². The molecule has 1 aliphatic heterocycles. The molecule has 1 N–H and O–H groups in total. The summed E-state index contributed by atoms with van der Waals surface area (Å²) in [4.78, 5) is 12.1. The maximum absolute atomic E-state index is 12.1.